The van der Waals surface area contributed by atoms with E-state index in [9.17, 15) is 14.4 Å². The van der Waals surface area contributed by atoms with Gasteiger partial charge in [-0.3, -0.25) is 14.4 Å². The molecule has 0 saturated carbocycles. The minimum absolute atomic E-state index is 0.0746. The summed E-state index contributed by atoms with van der Waals surface area (Å²) in [4.78, 5) is 36.1. The van der Waals surface area contributed by atoms with Crippen LogP contribution < -0.4 is 4.74 Å². The predicted molar refractivity (Wildman–Crippen MR) is 127 cm³/mol. The molecule has 2 aromatic carbocycles. The molecule has 1 atom stereocenters. The number of Topliss-reactive ketones (excluding diaryl/α,β-unsaturated/α-hetero) is 2. The van der Waals surface area contributed by atoms with Crippen molar-refractivity contribution < 1.29 is 28.6 Å². The second-order valence-corrected chi connectivity index (χ2v) is 9.06. The number of benzene rings is 2. The Morgan fingerprint density at radius 3 is 2.15 bits per heavy atom. The van der Waals surface area contributed by atoms with Gasteiger partial charge >= 0.3 is 5.97 Å². The number of esters is 1. The molecule has 0 radical (unpaired) electrons. The molecule has 0 saturated heterocycles. The first-order valence-electron chi connectivity index (χ1n) is 11.2. The zero-order valence-corrected chi connectivity index (χ0v) is 20.2. The fourth-order valence-corrected chi connectivity index (χ4v) is 3.19. The van der Waals surface area contributed by atoms with Gasteiger partial charge in [0.05, 0.1) is 19.1 Å². The van der Waals surface area contributed by atoms with Gasteiger partial charge in [0.15, 0.2) is 11.6 Å². The smallest absolute Gasteiger partial charge is 0.309 e. The van der Waals surface area contributed by atoms with Crippen LogP contribution in [0.5, 0.6) is 5.75 Å². The molecule has 2 aromatic rings. The third-order valence-electron chi connectivity index (χ3n) is 4.82. The van der Waals surface area contributed by atoms with Gasteiger partial charge in [-0.2, -0.15) is 0 Å². The highest BCUT2D eigenvalue weighted by molar-refractivity contribution is 6.08. The largest absolute Gasteiger partial charge is 0.494 e. The molecule has 0 fully saturated rings. The Labute approximate surface area is 196 Å². The lowest BCUT2D eigenvalue weighted by Crippen LogP contribution is -2.28. The van der Waals surface area contributed by atoms with Crippen LogP contribution in [0.4, 0.5) is 0 Å². The Balaban J connectivity index is 1.68. The quantitative estimate of drug-likeness (QED) is 0.253. The third-order valence-corrected chi connectivity index (χ3v) is 4.82. The maximum absolute atomic E-state index is 12.3. The molecule has 0 aromatic heterocycles. The first-order valence-corrected chi connectivity index (χ1v) is 11.2. The van der Waals surface area contributed by atoms with Crippen LogP contribution in [0.3, 0.4) is 0 Å². The van der Waals surface area contributed by atoms with Crippen LogP contribution in [0.2, 0.25) is 0 Å². The van der Waals surface area contributed by atoms with Crippen molar-refractivity contribution in [2.24, 2.45) is 5.92 Å². The van der Waals surface area contributed by atoms with Crippen LogP contribution in [-0.4, -0.2) is 43.0 Å². The van der Waals surface area contributed by atoms with E-state index in [1.54, 1.807) is 24.3 Å². The Bertz CT molecular complexity index is 940. The van der Waals surface area contributed by atoms with E-state index in [1.165, 1.54) is 6.92 Å². The van der Waals surface area contributed by atoms with E-state index >= 15 is 0 Å². The summed E-state index contributed by atoms with van der Waals surface area (Å²) in [6.07, 6.45) is 1.23. The molecule has 178 valence electrons. The highest BCUT2D eigenvalue weighted by atomic mass is 16.6. The van der Waals surface area contributed by atoms with Crippen LogP contribution in [0, 0.1) is 5.92 Å². The van der Waals surface area contributed by atoms with Gasteiger partial charge < -0.3 is 14.2 Å². The summed E-state index contributed by atoms with van der Waals surface area (Å²) in [7, 11) is 0. The van der Waals surface area contributed by atoms with Gasteiger partial charge in [0.2, 0.25) is 0 Å². The summed E-state index contributed by atoms with van der Waals surface area (Å²) in [5.74, 6) is -0.0462. The fourth-order valence-electron chi connectivity index (χ4n) is 3.19. The lowest BCUT2D eigenvalue weighted by Gasteiger charge is -2.22. The molecule has 0 N–H and O–H groups in total. The van der Waals surface area contributed by atoms with Crippen molar-refractivity contribution in [1.82, 2.24) is 0 Å². The summed E-state index contributed by atoms with van der Waals surface area (Å²) in [5.41, 5.74) is 1.35. The molecule has 0 amide bonds. The molecule has 0 aliphatic heterocycles. The van der Waals surface area contributed by atoms with Crippen molar-refractivity contribution >= 4 is 17.5 Å². The second kappa shape index (κ2) is 12.3. The summed E-state index contributed by atoms with van der Waals surface area (Å²) in [6.45, 7) is 9.64. The third kappa shape index (κ3) is 9.18. The molecule has 0 spiro atoms. The second-order valence-electron chi connectivity index (χ2n) is 9.06. The normalized spacial score (nSPS) is 12.2. The molecule has 0 aliphatic rings. The fraction of sp³-hybridized carbons (Fsp3) is 0.444. The molecule has 0 unspecified atom stereocenters. The zero-order chi connectivity index (χ0) is 24.4. The number of hydrogen-bond donors (Lipinski definition) is 0. The van der Waals surface area contributed by atoms with Crippen molar-refractivity contribution in [3.8, 4) is 5.75 Å². The Kier molecular flexibility index (Phi) is 9.79. The molecule has 2 rings (SSSR count). The van der Waals surface area contributed by atoms with Gasteiger partial charge in [-0.15, -0.1) is 0 Å². The van der Waals surface area contributed by atoms with E-state index in [1.807, 2.05) is 52.0 Å². The molecular weight excluding hydrogens is 420 g/mol. The molecule has 6 heteroatoms. The van der Waals surface area contributed by atoms with Gasteiger partial charge in [-0.1, -0.05) is 43.3 Å². The number of hydrogen-bond acceptors (Lipinski definition) is 6. The molecule has 0 heterocycles. The number of ketones is 2. The van der Waals surface area contributed by atoms with Gasteiger partial charge in [0.1, 0.15) is 18.0 Å². The maximum Gasteiger partial charge on any atom is 0.309 e. The van der Waals surface area contributed by atoms with Crippen molar-refractivity contribution in [3.05, 3.63) is 65.2 Å². The van der Waals surface area contributed by atoms with E-state index in [4.69, 9.17) is 14.2 Å². The summed E-state index contributed by atoms with van der Waals surface area (Å²) >= 11 is 0. The Morgan fingerprint density at radius 2 is 1.55 bits per heavy atom. The van der Waals surface area contributed by atoms with Gasteiger partial charge in [0, 0.05) is 17.5 Å². The summed E-state index contributed by atoms with van der Waals surface area (Å²) in [6, 6.07) is 14.4. The number of carbonyl (C=O) groups excluding carboxylic acids is 3. The molecule has 6 nitrogen and oxygen atoms in total. The monoisotopic (exact) mass is 454 g/mol. The lowest BCUT2D eigenvalue weighted by atomic mass is 10.0. The van der Waals surface area contributed by atoms with Crippen molar-refractivity contribution in [2.45, 2.75) is 53.1 Å². The van der Waals surface area contributed by atoms with Crippen molar-refractivity contribution in [2.75, 3.05) is 19.8 Å². The van der Waals surface area contributed by atoms with Gasteiger partial charge in [-0.25, -0.2) is 0 Å². The van der Waals surface area contributed by atoms with Crippen molar-refractivity contribution in [3.63, 3.8) is 0 Å². The maximum atomic E-state index is 12.3. The van der Waals surface area contributed by atoms with Crippen LogP contribution in [0.25, 0.3) is 0 Å². The zero-order valence-electron chi connectivity index (χ0n) is 20.2. The van der Waals surface area contributed by atoms with E-state index in [-0.39, 0.29) is 30.1 Å². The standard InChI is InChI=1S/C27H34O6/c1-19(26(30)33-27(3,4)5)17-21-11-13-22(14-12-21)32-16-8-15-31-18-25(29)24-10-7-6-9-23(24)20(2)28/h6-7,9-14,19H,8,15-18H2,1-5H3/t19-/m0/s1. The summed E-state index contributed by atoms with van der Waals surface area (Å²) in [5, 5.41) is 0. The average Bonchev–Trinajstić information content (AvgIpc) is 2.75. The van der Waals surface area contributed by atoms with Crippen LogP contribution >= 0.6 is 0 Å². The van der Waals surface area contributed by atoms with E-state index in [0.29, 0.717) is 37.2 Å². The van der Waals surface area contributed by atoms with Gasteiger partial charge in [-0.05, 0) is 51.8 Å². The van der Waals surface area contributed by atoms with E-state index in [0.717, 1.165) is 11.3 Å². The predicted octanol–water partition coefficient (Wildman–Crippen LogP) is 5.08. The van der Waals surface area contributed by atoms with Crippen LogP contribution in [0.15, 0.2) is 48.5 Å². The van der Waals surface area contributed by atoms with Crippen molar-refractivity contribution in [1.29, 1.82) is 0 Å². The minimum atomic E-state index is -0.487. The first kappa shape index (κ1) is 26.3. The summed E-state index contributed by atoms with van der Waals surface area (Å²) < 4.78 is 16.6. The Hall–Kier alpha value is -2.99. The number of carbonyl (C=O) groups is 3. The number of ether oxygens (including phenoxy) is 3. The van der Waals surface area contributed by atoms with Crippen LogP contribution in [-0.2, 0) is 20.7 Å². The van der Waals surface area contributed by atoms with Crippen LogP contribution in [0.1, 0.15) is 67.3 Å². The molecule has 0 aliphatic carbocycles. The highest BCUT2D eigenvalue weighted by Gasteiger charge is 2.21. The molecule has 33 heavy (non-hydrogen) atoms. The molecule has 0 bridgehead atoms. The van der Waals surface area contributed by atoms with Gasteiger partial charge in [0.25, 0.3) is 0 Å². The SMILES string of the molecule is CC(=O)c1ccccc1C(=O)COCCCOc1ccc(C[C@H](C)C(=O)OC(C)(C)C)cc1. The van der Waals surface area contributed by atoms with E-state index in [2.05, 4.69) is 0 Å². The molecular formula is C27H34O6. The highest BCUT2D eigenvalue weighted by Crippen LogP contribution is 2.18. The van der Waals surface area contributed by atoms with E-state index < -0.39 is 5.60 Å². The number of rotatable bonds is 12. The average molecular weight is 455 g/mol. The Morgan fingerprint density at radius 1 is 0.909 bits per heavy atom. The minimum Gasteiger partial charge on any atom is -0.494 e. The topological polar surface area (TPSA) is 78.9 Å². The first-order chi connectivity index (χ1) is 15.6. The lowest BCUT2D eigenvalue weighted by molar-refractivity contribution is -0.159.